The third-order valence-electron chi connectivity index (χ3n) is 3.89. The highest BCUT2D eigenvalue weighted by molar-refractivity contribution is 8.01. The summed E-state index contributed by atoms with van der Waals surface area (Å²) in [6.45, 7) is 9.54. The van der Waals surface area contributed by atoms with E-state index in [1.54, 1.807) is 0 Å². The minimum absolute atomic E-state index is 0.333. The molecule has 1 heterocycles. The second kappa shape index (κ2) is 3.15. The third kappa shape index (κ3) is 1.61. The minimum Gasteiger partial charge on any atom is -0.296 e. The van der Waals surface area contributed by atoms with Gasteiger partial charge in [-0.25, -0.2) is 0 Å². The molecule has 1 nitrogen and oxygen atoms in total. The van der Waals surface area contributed by atoms with Crippen molar-refractivity contribution in [2.45, 2.75) is 63.8 Å². The van der Waals surface area contributed by atoms with E-state index in [0.717, 1.165) is 0 Å². The van der Waals surface area contributed by atoms with E-state index in [0.29, 0.717) is 15.8 Å². The van der Waals surface area contributed by atoms with Crippen molar-refractivity contribution in [2.24, 2.45) is 5.41 Å². The van der Waals surface area contributed by atoms with Crippen LogP contribution in [0.3, 0.4) is 0 Å². The molecule has 2 aliphatic rings. The molecule has 82 valence electrons. The summed E-state index contributed by atoms with van der Waals surface area (Å²) in [4.78, 5) is 0.370. The molecule has 0 aromatic carbocycles. The van der Waals surface area contributed by atoms with E-state index >= 15 is 0 Å². The van der Waals surface area contributed by atoms with E-state index in [2.05, 4.69) is 44.8 Å². The van der Waals surface area contributed by atoms with Gasteiger partial charge in [-0.1, -0.05) is 26.7 Å². The van der Waals surface area contributed by atoms with Crippen LogP contribution in [0.15, 0.2) is 0 Å². The maximum Gasteiger partial charge on any atom is 0.0701 e. The minimum atomic E-state index is 0.333. The largest absolute Gasteiger partial charge is 0.296 e. The summed E-state index contributed by atoms with van der Waals surface area (Å²) < 4.78 is 0. The van der Waals surface area contributed by atoms with Gasteiger partial charge in [0.2, 0.25) is 0 Å². The number of nitrogens with one attached hydrogen (secondary N) is 1. The molecule has 2 rings (SSSR count). The summed E-state index contributed by atoms with van der Waals surface area (Å²) >= 11 is 2.17. The van der Waals surface area contributed by atoms with E-state index in [9.17, 15) is 0 Å². The van der Waals surface area contributed by atoms with Gasteiger partial charge in [0.15, 0.2) is 0 Å². The Bertz CT molecular complexity index is 234. The first kappa shape index (κ1) is 10.8. The molecule has 2 heteroatoms. The zero-order chi connectivity index (χ0) is 10.4. The Morgan fingerprint density at radius 3 is 2.14 bits per heavy atom. The predicted molar refractivity (Wildman–Crippen MR) is 64.7 cm³/mol. The topological polar surface area (TPSA) is 12.0 Å². The fourth-order valence-electron chi connectivity index (χ4n) is 2.90. The molecule has 1 aliphatic heterocycles. The molecule has 1 N–H and O–H groups in total. The molecular formula is C12H23NS. The quantitative estimate of drug-likeness (QED) is 0.662. The second-order valence-electron chi connectivity index (χ2n) is 6.22. The van der Waals surface area contributed by atoms with Gasteiger partial charge in [-0.15, -0.1) is 11.8 Å². The van der Waals surface area contributed by atoms with Gasteiger partial charge in [0.1, 0.15) is 0 Å². The van der Waals surface area contributed by atoms with Gasteiger partial charge >= 0.3 is 0 Å². The van der Waals surface area contributed by atoms with Crippen LogP contribution in [0.2, 0.25) is 0 Å². The number of hydrogen-bond acceptors (Lipinski definition) is 2. The van der Waals surface area contributed by atoms with E-state index in [-0.39, 0.29) is 0 Å². The highest BCUT2D eigenvalue weighted by atomic mass is 32.2. The Morgan fingerprint density at radius 2 is 1.64 bits per heavy atom. The van der Waals surface area contributed by atoms with Crippen LogP contribution in [-0.4, -0.2) is 16.2 Å². The van der Waals surface area contributed by atoms with Crippen molar-refractivity contribution >= 4 is 11.8 Å². The van der Waals surface area contributed by atoms with Crippen LogP contribution in [0.25, 0.3) is 0 Å². The van der Waals surface area contributed by atoms with Gasteiger partial charge in [0.05, 0.1) is 4.87 Å². The van der Waals surface area contributed by atoms with E-state index in [4.69, 9.17) is 0 Å². The molecular weight excluding hydrogens is 190 g/mol. The first-order valence-electron chi connectivity index (χ1n) is 5.80. The zero-order valence-electron chi connectivity index (χ0n) is 9.94. The molecule has 0 bridgehead atoms. The van der Waals surface area contributed by atoms with Crippen molar-refractivity contribution in [2.75, 3.05) is 5.75 Å². The molecule has 14 heavy (non-hydrogen) atoms. The normalized spacial score (nSPS) is 40.3. The van der Waals surface area contributed by atoms with Gasteiger partial charge in [0, 0.05) is 11.3 Å². The Balaban J connectivity index is 2.22. The maximum absolute atomic E-state index is 3.90. The fraction of sp³-hybridized carbons (Fsp3) is 1.00. The molecule has 1 saturated heterocycles. The van der Waals surface area contributed by atoms with Gasteiger partial charge in [-0.3, -0.25) is 5.32 Å². The van der Waals surface area contributed by atoms with Crippen molar-refractivity contribution in [3.63, 3.8) is 0 Å². The maximum atomic E-state index is 3.90. The summed E-state index contributed by atoms with van der Waals surface area (Å²) in [6, 6.07) is 0. The Kier molecular flexibility index (Phi) is 2.43. The first-order chi connectivity index (χ1) is 6.37. The molecule has 0 radical (unpaired) electrons. The summed E-state index contributed by atoms with van der Waals surface area (Å²) in [6.07, 6.45) is 5.55. The average molecular weight is 213 g/mol. The molecule has 1 spiro atoms. The average Bonchev–Trinajstić information content (AvgIpc) is 2.36. The van der Waals surface area contributed by atoms with Crippen molar-refractivity contribution in [3.05, 3.63) is 0 Å². The fourth-order valence-corrected chi connectivity index (χ4v) is 4.71. The van der Waals surface area contributed by atoms with E-state index in [1.807, 2.05) is 0 Å². The molecule has 1 aliphatic carbocycles. The highest BCUT2D eigenvalue weighted by Gasteiger charge is 2.53. The Labute approximate surface area is 92.4 Å². The molecule has 2 fully saturated rings. The Morgan fingerprint density at radius 1 is 1.00 bits per heavy atom. The van der Waals surface area contributed by atoms with Crippen LogP contribution >= 0.6 is 11.8 Å². The molecule has 1 saturated carbocycles. The predicted octanol–water partition coefficient (Wildman–Crippen LogP) is 3.40. The second-order valence-corrected chi connectivity index (χ2v) is 7.49. The van der Waals surface area contributed by atoms with E-state index in [1.165, 1.54) is 31.4 Å². The number of thioether (sulfide) groups is 1. The summed E-state index contributed by atoms with van der Waals surface area (Å²) in [5, 5.41) is 3.90. The lowest BCUT2D eigenvalue weighted by atomic mass is 9.72. The van der Waals surface area contributed by atoms with Crippen LogP contribution in [0, 0.1) is 5.41 Å². The van der Waals surface area contributed by atoms with Crippen molar-refractivity contribution < 1.29 is 0 Å². The summed E-state index contributed by atoms with van der Waals surface area (Å²) in [5.74, 6) is 1.26. The van der Waals surface area contributed by atoms with Crippen LogP contribution in [0.5, 0.6) is 0 Å². The summed E-state index contributed by atoms with van der Waals surface area (Å²) in [5.41, 5.74) is 0.795. The van der Waals surface area contributed by atoms with Gasteiger partial charge < -0.3 is 0 Å². The lowest BCUT2D eigenvalue weighted by Gasteiger charge is -2.48. The zero-order valence-corrected chi connectivity index (χ0v) is 10.8. The summed E-state index contributed by atoms with van der Waals surface area (Å²) in [7, 11) is 0. The molecule has 0 aromatic rings. The molecule has 1 unspecified atom stereocenters. The van der Waals surface area contributed by atoms with Gasteiger partial charge in [-0.2, -0.15) is 0 Å². The molecule has 1 atom stereocenters. The first-order valence-corrected chi connectivity index (χ1v) is 6.79. The SMILES string of the molecule is CC1(C)CSC2(CCCCC2(C)C)N1. The number of rotatable bonds is 0. The molecule has 0 aromatic heterocycles. The van der Waals surface area contributed by atoms with Crippen LogP contribution in [-0.2, 0) is 0 Å². The monoisotopic (exact) mass is 213 g/mol. The third-order valence-corrected chi connectivity index (χ3v) is 6.11. The van der Waals surface area contributed by atoms with Crippen LogP contribution in [0.4, 0.5) is 0 Å². The lowest BCUT2D eigenvalue weighted by Crippen LogP contribution is -2.56. The van der Waals surface area contributed by atoms with Gasteiger partial charge in [0.25, 0.3) is 0 Å². The standard InChI is InChI=1S/C12H23NS/c1-10(2)7-5-6-8-12(10)13-11(3,4)9-14-12/h13H,5-9H2,1-4H3. The highest BCUT2D eigenvalue weighted by Crippen LogP contribution is 2.54. The number of hydrogen-bond donors (Lipinski definition) is 1. The van der Waals surface area contributed by atoms with Crippen molar-refractivity contribution in [1.29, 1.82) is 0 Å². The molecule has 0 amide bonds. The van der Waals surface area contributed by atoms with Crippen molar-refractivity contribution in [1.82, 2.24) is 5.32 Å². The van der Waals surface area contributed by atoms with Crippen LogP contribution < -0.4 is 5.32 Å². The lowest BCUT2D eigenvalue weighted by molar-refractivity contribution is 0.126. The van der Waals surface area contributed by atoms with Crippen LogP contribution in [0.1, 0.15) is 53.4 Å². The smallest absolute Gasteiger partial charge is 0.0701 e. The Hall–Kier alpha value is 0.310. The van der Waals surface area contributed by atoms with E-state index < -0.39 is 0 Å². The van der Waals surface area contributed by atoms with Crippen molar-refractivity contribution in [3.8, 4) is 0 Å². The van der Waals surface area contributed by atoms with Gasteiger partial charge in [-0.05, 0) is 32.1 Å².